The van der Waals surface area contributed by atoms with Crippen LogP contribution in [0, 0.1) is 3.57 Å². The molecule has 1 heterocycles. The van der Waals surface area contributed by atoms with E-state index in [4.69, 9.17) is 18.9 Å². The van der Waals surface area contributed by atoms with E-state index in [2.05, 4.69) is 22.6 Å². The Morgan fingerprint density at radius 2 is 2.04 bits per heavy atom. The largest absolute Gasteiger partial charge is 0.477 e. The molecule has 0 amide bonds. The zero-order valence-electron chi connectivity index (χ0n) is 14.2. The van der Waals surface area contributed by atoms with E-state index in [0.29, 0.717) is 27.1 Å². The molecular formula is C17H21IO6. The molecule has 1 aliphatic rings. The Hall–Kier alpha value is -1.51. The van der Waals surface area contributed by atoms with Crippen LogP contribution < -0.4 is 9.47 Å². The van der Waals surface area contributed by atoms with E-state index in [-0.39, 0.29) is 0 Å². The Bertz CT molecular complexity index is 640. The van der Waals surface area contributed by atoms with Crippen molar-refractivity contribution in [2.75, 3.05) is 7.11 Å². The fourth-order valence-electron chi connectivity index (χ4n) is 2.33. The van der Waals surface area contributed by atoms with E-state index in [9.17, 15) is 9.59 Å². The van der Waals surface area contributed by atoms with Crippen LogP contribution in [0.2, 0.25) is 0 Å². The number of benzene rings is 1. The van der Waals surface area contributed by atoms with Gasteiger partial charge < -0.3 is 18.9 Å². The Morgan fingerprint density at radius 1 is 1.33 bits per heavy atom. The minimum absolute atomic E-state index is 0.342. The van der Waals surface area contributed by atoms with Crippen molar-refractivity contribution in [3.63, 3.8) is 0 Å². The molecule has 1 unspecified atom stereocenters. The summed E-state index contributed by atoms with van der Waals surface area (Å²) in [5.41, 5.74) is 0.342. The predicted molar refractivity (Wildman–Crippen MR) is 95.2 cm³/mol. The molecule has 0 radical (unpaired) electrons. The summed E-state index contributed by atoms with van der Waals surface area (Å²) < 4.78 is 22.3. The van der Waals surface area contributed by atoms with Crippen molar-refractivity contribution in [1.29, 1.82) is 0 Å². The number of fused-ring (bicyclic) bond motifs is 1. The first-order valence-corrected chi connectivity index (χ1v) is 8.85. The zero-order valence-corrected chi connectivity index (χ0v) is 16.3. The Kier molecular flexibility index (Phi) is 5.95. The lowest BCUT2D eigenvalue weighted by Crippen LogP contribution is -2.39. The monoisotopic (exact) mass is 448 g/mol. The number of halogens is 1. The van der Waals surface area contributed by atoms with Gasteiger partial charge in [0.15, 0.2) is 6.10 Å². The maximum absolute atomic E-state index is 12.1. The maximum Gasteiger partial charge on any atom is 0.347 e. The third-order valence-electron chi connectivity index (χ3n) is 3.50. The quantitative estimate of drug-likeness (QED) is 0.489. The molecule has 0 fully saturated rings. The molecule has 0 aliphatic carbocycles. The topological polar surface area (TPSA) is 71.1 Å². The first kappa shape index (κ1) is 18.8. The van der Waals surface area contributed by atoms with Crippen molar-refractivity contribution in [3.05, 3.63) is 21.3 Å². The third kappa shape index (κ3) is 4.31. The van der Waals surface area contributed by atoms with Gasteiger partial charge in [-0.15, -0.1) is 0 Å². The van der Waals surface area contributed by atoms with Crippen LogP contribution in [-0.2, 0) is 14.3 Å². The van der Waals surface area contributed by atoms with Gasteiger partial charge in [0.2, 0.25) is 5.79 Å². The number of hydrogen-bond donors (Lipinski definition) is 0. The number of carbonyl (C=O) groups excluding carboxylic acids is 2. The number of hydrogen-bond acceptors (Lipinski definition) is 6. The summed E-state index contributed by atoms with van der Waals surface area (Å²) in [5.74, 6) is -1.05. The highest BCUT2D eigenvalue weighted by Gasteiger charge is 2.35. The molecule has 0 bridgehead atoms. The Labute approximate surface area is 154 Å². The first-order chi connectivity index (χ1) is 11.3. The van der Waals surface area contributed by atoms with E-state index < -0.39 is 23.8 Å². The van der Waals surface area contributed by atoms with Crippen LogP contribution in [0.1, 0.15) is 50.4 Å². The lowest BCUT2D eigenvalue weighted by Gasteiger charge is -2.32. The Balaban J connectivity index is 2.30. The SMILES string of the molecule is CCCCC(Oc1cc2c(cc1I)C(=O)OC(C)(C)O2)C(=O)OC. The molecular weight excluding hydrogens is 427 g/mol. The van der Waals surface area contributed by atoms with Gasteiger partial charge in [-0.3, -0.25) is 0 Å². The van der Waals surface area contributed by atoms with Crippen LogP contribution in [0.3, 0.4) is 0 Å². The molecule has 132 valence electrons. The molecule has 0 spiro atoms. The van der Waals surface area contributed by atoms with Crippen molar-refractivity contribution in [2.24, 2.45) is 0 Å². The summed E-state index contributed by atoms with van der Waals surface area (Å²) >= 11 is 2.05. The van der Waals surface area contributed by atoms with E-state index in [0.717, 1.165) is 12.8 Å². The van der Waals surface area contributed by atoms with E-state index in [1.807, 2.05) is 6.92 Å². The molecule has 1 atom stereocenters. The molecule has 1 aromatic carbocycles. The number of methoxy groups -OCH3 is 1. The molecule has 0 aromatic heterocycles. The summed E-state index contributed by atoms with van der Waals surface area (Å²) in [6.07, 6.45) is 1.66. The molecule has 24 heavy (non-hydrogen) atoms. The first-order valence-electron chi connectivity index (χ1n) is 7.77. The molecule has 6 nitrogen and oxygen atoms in total. The highest BCUT2D eigenvalue weighted by Crippen LogP contribution is 2.37. The normalized spacial score (nSPS) is 16.5. The second-order valence-electron chi connectivity index (χ2n) is 5.94. The van der Waals surface area contributed by atoms with Gasteiger partial charge in [-0.2, -0.15) is 0 Å². The second kappa shape index (κ2) is 7.58. The second-order valence-corrected chi connectivity index (χ2v) is 7.10. The summed E-state index contributed by atoms with van der Waals surface area (Å²) in [7, 11) is 1.34. The summed E-state index contributed by atoms with van der Waals surface area (Å²) in [4.78, 5) is 24.0. The molecule has 7 heteroatoms. The minimum atomic E-state index is -1.04. The number of cyclic esters (lactones) is 1. The van der Waals surface area contributed by atoms with E-state index >= 15 is 0 Å². The average molecular weight is 448 g/mol. The Morgan fingerprint density at radius 3 is 2.67 bits per heavy atom. The number of esters is 2. The van der Waals surface area contributed by atoms with Crippen molar-refractivity contribution in [2.45, 2.75) is 51.9 Å². The van der Waals surface area contributed by atoms with Crippen molar-refractivity contribution in [1.82, 2.24) is 0 Å². The van der Waals surface area contributed by atoms with Crippen LogP contribution in [0.4, 0.5) is 0 Å². The molecule has 0 saturated carbocycles. The smallest absolute Gasteiger partial charge is 0.347 e. The molecule has 0 N–H and O–H groups in total. The van der Waals surface area contributed by atoms with Crippen LogP contribution in [-0.4, -0.2) is 30.9 Å². The number of unbranched alkanes of at least 4 members (excludes halogenated alkanes) is 1. The van der Waals surface area contributed by atoms with E-state index in [1.54, 1.807) is 26.0 Å². The molecule has 1 aliphatic heterocycles. The van der Waals surface area contributed by atoms with Gasteiger partial charge in [0, 0.05) is 19.9 Å². The predicted octanol–water partition coefficient (Wildman–Crippen LogP) is 3.69. The van der Waals surface area contributed by atoms with Crippen LogP contribution in [0.15, 0.2) is 12.1 Å². The van der Waals surface area contributed by atoms with Crippen molar-refractivity contribution >= 4 is 34.5 Å². The molecule has 0 saturated heterocycles. The van der Waals surface area contributed by atoms with Gasteiger partial charge in [0.05, 0.1) is 10.7 Å². The number of carbonyl (C=O) groups is 2. The fourth-order valence-corrected chi connectivity index (χ4v) is 2.93. The summed E-state index contributed by atoms with van der Waals surface area (Å²) in [5, 5.41) is 0. The van der Waals surface area contributed by atoms with Gasteiger partial charge in [-0.05, 0) is 41.5 Å². The van der Waals surface area contributed by atoms with Gasteiger partial charge in [0.1, 0.15) is 17.1 Å². The van der Waals surface area contributed by atoms with Crippen LogP contribution in [0.5, 0.6) is 11.5 Å². The fraction of sp³-hybridized carbons (Fsp3) is 0.529. The van der Waals surface area contributed by atoms with Gasteiger partial charge in [-0.25, -0.2) is 9.59 Å². The molecule has 2 rings (SSSR count). The third-order valence-corrected chi connectivity index (χ3v) is 4.34. The van der Waals surface area contributed by atoms with Gasteiger partial charge >= 0.3 is 11.9 Å². The van der Waals surface area contributed by atoms with E-state index in [1.165, 1.54) is 7.11 Å². The summed E-state index contributed by atoms with van der Waals surface area (Å²) in [6.45, 7) is 5.36. The summed E-state index contributed by atoms with van der Waals surface area (Å²) in [6, 6.07) is 3.26. The van der Waals surface area contributed by atoms with Crippen molar-refractivity contribution in [3.8, 4) is 11.5 Å². The van der Waals surface area contributed by atoms with Gasteiger partial charge in [0.25, 0.3) is 0 Å². The number of rotatable bonds is 6. The van der Waals surface area contributed by atoms with Crippen LogP contribution >= 0.6 is 22.6 Å². The highest BCUT2D eigenvalue weighted by molar-refractivity contribution is 14.1. The van der Waals surface area contributed by atoms with Crippen LogP contribution in [0.25, 0.3) is 0 Å². The number of ether oxygens (including phenoxy) is 4. The van der Waals surface area contributed by atoms with Gasteiger partial charge in [-0.1, -0.05) is 13.3 Å². The highest BCUT2D eigenvalue weighted by atomic mass is 127. The minimum Gasteiger partial charge on any atom is -0.477 e. The zero-order chi connectivity index (χ0) is 17.9. The maximum atomic E-state index is 12.1. The molecule has 1 aromatic rings. The van der Waals surface area contributed by atoms with Crippen molar-refractivity contribution < 1.29 is 28.5 Å². The lowest BCUT2D eigenvalue weighted by molar-refractivity contribution is -0.149. The average Bonchev–Trinajstić information content (AvgIpc) is 2.51. The standard InChI is InChI=1S/C17H21IO6/c1-5-6-7-12(16(20)21-4)22-14-9-13-10(8-11(14)18)15(19)24-17(2,3)23-13/h8-9,12H,5-7H2,1-4H3. The lowest BCUT2D eigenvalue weighted by atomic mass is 10.1.